The molecule has 9 heteroatoms. The Bertz CT molecular complexity index is 2240. The third kappa shape index (κ3) is 10.5. The van der Waals surface area contributed by atoms with Crippen molar-refractivity contribution in [3.8, 4) is 33.8 Å². The van der Waals surface area contributed by atoms with Gasteiger partial charge in [0.15, 0.2) is 0 Å². The Morgan fingerprint density at radius 1 is 0.646 bits per heavy atom. The van der Waals surface area contributed by atoms with Crippen molar-refractivity contribution < 1.29 is 42.9 Å². The van der Waals surface area contributed by atoms with Crippen LogP contribution in [0.1, 0.15) is 153 Å². The quantitative estimate of drug-likeness (QED) is 0.0735. The first kappa shape index (κ1) is 50.2. The van der Waals surface area contributed by atoms with E-state index in [4.69, 9.17) is 28.2 Å². The number of benzene rings is 4. The first-order chi connectivity index (χ1) is 30.4. The van der Waals surface area contributed by atoms with Crippen LogP contribution in [0.2, 0.25) is 0 Å². The number of anilines is 1. The molecule has 355 valence electrons. The van der Waals surface area contributed by atoms with E-state index in [-0.39, 0.29) is 20.4 Å². The van der Waals surface area contributed by atoms with Crippen LogP contribution in [0.5, 0.6) is 11.5 Å². The van der Waals surface area contributed by atoms with Gasteiger partial charge in [0.05, 0.1) is 24.3 Å². The van der Waals surface area contributed by atoms with Crippen molar-refractivity contribution in [3.63, 3.8) is 0 Å². The normalized spacial score (nSPS) is 28.6. The molecule has 0 atom stereocenters. The topological polar surface area (TPSA) is 102 Å². The zero-order valence-electron chi connectivity index (χ0n) is 40.4. The fraction of sp³-hybridized carbons (Fsp3) is 0.571. The molecule has 0 saturated heterocycles. The van der Waals surface area contributed by atoms with E-state index in [9.17, 15) is 0 Å². The molecule has 1 radical (unpaired) electrons. The molecule has 0 spiro atoms. The van der Waals surface area contributed by atoms with Crippen molar-refractivity contribution in [2.45, 2.75) is 147 Å². The average molecular weight is 1010 g/mol. The van der Waals surface area contributed by atoms with Crippen molar-refractivity contribution in [2.24, 2.45) is 35.5 Å². The largest absolute Gasteiger partial charge is 0.748 e. The maximum absolute atomic E-state index is 9.08. The van der Waals surface area contributed by atoms with E-state index in [1.807, 2.05) is 62.8 Å². The van der Waals surface area contributed by atoms with Crippen LogP contribution in [-0.4, -0.2) is 43.8 Å². The Balaban J connectivity index is 0.000000277. The minimum Gasteiger partial charge on any atom is -0.748 e. The third-order valence-electron chi connectivity index (χ3n) is 16.1. The number of nitrogen functional groups attached to an aromatic ring is 1. The molecular formula is C56H74NO5PPdS-. The fourth-order valence-corrected chi connectivity index (χ4v) is 20.0. The third-order valence-corrected chi connectivity index (χ3v) is 20.0. The van der Waals surface area contributed by atoms with Crippen LogP contribution in [0.3, 0.4) is 0 Å². The summed E-state index contributed by atoms with van der Waals surface area (Å²) < 4.78 is 40.4. The molecule has 0 unspecified atom stereocenters. The smallest absolute Gasteiger partial charge is 0.127 e. The molecule has 0 aliphatic heterocycles. The van der Waals surface area contributed by atoms with E-state index in [0.717, 1.165) is 58.1 Å². The van der Waals surface area contributed by atoms with Gasteiger partial charge in [-0.05, 0) is 193 Å². The monoisotopic (exact) mass is 1010 g/mol. The first-order valence-corrected chi connectivity index (χ1v) is 27.5. The van der Waals surface area contributed by atoms with Crippen molar-refractivity contribution in [1.82, 2.24) is 0 Å². The second-order valence-corrected chi connectivity index (χ2v) is 26.3. The summed E-state index contributed by atoms with van der Waals surface area (Å²) in [5.74, 6) is 9.33. The van der Waals surface area contributed by atoms with Crippen molar-refractivity contribution in [1.29, 1.82) is 0 Å². The van der Waals surface area contributed by atoms with E-state index in [2.05, 4.69) is 71.9 Å². The van der Waals surface area contributed by atoms with Gasteiger partial charge in [-0.3, -0.25) is 0 Å². The number of hydrogen-bond donors (Lipinski definition) is 1. The fourth-order valence-electron chi connectivity index (χ4n) is 14.6. The predicted octanol–water partition coefficient (Wildman–Crippen LogP) is 13.7. The number of rotatable bonds is 10. The Labute approximate surface area is 407 Å². The van der Waals surface area contributed by atoms with Gasteiger partial charge in [-0.15, -0.1) is 0 Å². The van der Waals surface area contributed by atoms with Crippen LogP contribution in [0.25, 0.3) is 22.3 Å². The van der Waals surface area contributed by atoms with Gasteiger partial charge in [0, 0.05) is 48.8 Å². The van der Waals surface area contributed by atoms with Gasteiger partial charge in [-0.25, -0.2) is 8.42 Å². The second-order valence-electron chi connectivity index (χ2n) is 21.9. The molecule has 0 amide bonds. The van der Waals surface area contributed by atoms with Gasteiger partial charge >= 0.3 is 0 Å². The van der Waals surface area contributed by atoms with Crippen LogP contribution in [-0.2, 0) is 30.5 Å². The van der Waals surface area contributed by atoms with Gasteiger partial charge in [0.1, 0.15) is 11.5 Å². The molecule has 8 fully saturated rings. The molecule has 8 aliphatic carbocycles. The number of hydrogen-bond acceptors (Lipinski definition) is 6. The Morgan fingerprint density at radius 3 is 1.43 bits per heavy atom. The van der Waals surface area contributed by atoms with E-state index in [0.29, 0.717) is 34.3 Å². The minimum absolute atomic E-state index is 0. The van der Waals surface area contributed by atoms with Gasteiger partial charge < -0.3 is 19.8 Å². The molecule has 4 aromatic rings. The molecule has 0 aromatic heterocycles. The summed E-state index contributed by atoms with van der Waals surface area (Å²) in [4.78, 5) is 0. The summed E-state index contributed by atoms with van der Waals surface area (Å²) in [6, 6.07) is 28.5. The van der Waals surface area contributed by atoms with Gasteiger partial charge in [0.2, 0.25) is 0 Å². The first-order valence-electron chi connectivity index (χ1n) is 24.4. The Kier molecular flexibility index (Phi) is 15.5. The van der Waals surface area contributed by atoms with Crippen LogP contribution >= 0.6 is 7.92 Å². The molecule has 12 rings (SSSR count). The van der Waals surface area contributed by atoms with E-state index >= 15 is 0 Å². The molecule has 8 saturated carbocycles. The molecule has 6 nitrogen and oxygen atoms in total. The second kappa shape index (κ2) is 20.1. The van der Waals surface area contributed by atoms with Gasteiger partial charge in [-0.1, -0.05) is 104 Å². The van der Waals surface area contributed by atoms with Crippen molar-refractivity contribution in [2.75, 3.05) is 26.2 Å². The van der Waals surface area contributed by atoms with Crippen LogP contribution in [0.15, 0.2) is 72.8 Å². The molecule has 65 heavy (non-hydrogen) atoms. The van der Waals surface area contributed by atoms with Crippen LogP contribution in [0.4, 0.5) is 5.69 Å². The Morgan fingerprint density at radius 2 is 1.06 bits per heavy atom. The summed E-state index contributed by atoms with van der Waals surface area (Å²) in [5, 5.41) is 2.54. The van der Waals surface area contributed by atoms with Gasteiger partial charge in [-0.2, -0.15) is 0 Å². The minimum atomic E-state index is -3.92. The van der Waals surface area contributed by atoms with Crippen molar-refractivity contribution >= 4 is 29.0 Å². The summed E-state index contributed by atoms with van der Waals surface area (Å²) in [7, 11) is -0.503. The number of nitrogens with two attached hydrogens (primary N) is 1. The summed E-state index contributed by atoms with van der Waals surface area (Å²) in [6.07, 6.45) is 18.5. The van der Waals surface area contributed by atoms with Crippen LogP contribution < -0.4 is 20.5 Å². The zero-order chi connectivity index (χ0) is 45.7. The van der Waals surface area contributed by atoms with Crippen molar-refractivity contribution in [3.05, 3.63) is 95.6 Å². The molecule has 0 heterocycles. The number of ether oxygens (including phenoxy) is 2. The maximum atomic E-state index is 9.08. The standard InChI is InChI=1S/C43H61O2P.C12H10N.CH4O3S.Pd/c1-25(2)34-17-35(26(3)4)39(36(18-34)27(5)6)40-37(44-7)9-10-38(45-8)41(40)46(42-19-28-11-29(20-42)13-30(12-28)21-42)43-22-31-14-32(23-43)16-33(15-31)24-43;13-12-9-5-4-8-11(12)10-6-2-1-3-7-10;1-5(2,3)4;/h9-10,17-18,25-33H,11-16,19-24H2,1-8H3;1-6,8-9H,13H2;1H3,(H,2,3,4);/p-1. The van der Waals surface area contributed by atoms with E-state index in [1.54, 1.807) is 5.30 Å². The van der Waals surface area contributed by atoms with E-state index in [1.165, 1.54) is 111 Å². The zero-order valence-corrected chi connectivity index (χ0v) is 43.7. The Hall–Kier alpha value is -2.72. The molecule has 8 aliphatic rings. The summed E-state index contributed by atoms with van der Waals surface area (Å²) in [6.45, 7) is 14.4. The molecule has 8 bridgehead atoms. The molecule has 4 aromatic carbocycles. The maximum Gasteiger partial charge on any atom is 0.127 e. The SMILES string of the molecule is COc1ccc(OC)c(P(C23CC4CC(CC(C4)C2)C3)C23CC4CC(CC(C4)C2)C3)c1-c1c(C(C)C)cc(C(C)C)cc1C(C)C.CS(=O)(=O)[O-].Nc1ccccc1-c1[c]cccc1.[Pd]. The molecular weight excluding hydrogens is 936 g/mol. The average Bonchev–Trinajstić information content (AvgIpc) is 3.22. The van der Waals surface area contributed by atoms with Gasteiger partial charge in [0.25, 0.3) is 0 Å². The summed E-state index contributed by atoms with van der Waals surface area (Å²) >= 11 is 0. The van der Waals surface area contributed by atoms with E-state index < -0.39 is 18.0 Å². The van der Waals surface area contributed by atoms with Crippen LogP contribution in [0, 0.1) is 41.6 Å². The number of para-hydroxylation sites is 1. The molecule has 2 N–H and O–H groups in total. The summed E-state index contributed by atoms with van der Waals surface area (Å²) in [5.41, 5.74) is 16.1. The number of methoxy groups -OCH3 is 2. The predicted molar refractivity (Wildman–Crippen MR) is 266 cm³/mol.